The Bertz CT molecular complexity index is 1360. The molecule has 5 rings (SSSR count). The number of halogens is 1. The maximum atomic E-state index is 13.7. The Hall–Kier alpha value is -2.92. The predicted molar refractivity (Wildman–Crippen MR) is 117 cm³/mol. The van der Waals surface area contributed by atoms with Gasteiger partial charge in [-0.3, -0.25) is 14.2 Å². The molecule has 0 radical (unpaired) electrons. The smallest absolute Gasteiger partial charge is 0.267 e. The van der Waals surface area contributed by atoms with E-state index in [-0.39, 0.29) is 22.4 Å². The van der Waals surface area contributed by atoms with E-state index in [1.807, 2.05) is 41.9 Å². The third-order valence-electron chi connectivity index (χ3n) is 5.94. The molecule has 0 bridgehead atoms. The summed E-state index contributed by atoms with van der Waals surface area (Å²) in [5.41, 5.74) is 1.50. The second-order valence-corrected chi connectivity index (χ2v) is 8.10. The van der Waals surface area contributed by atoms with Gasteiger partial charge in [-0.05, 0) is 49.2 Å². The van der Waals surface area contributed by atoms with Crippen molar-refractivity contribution < 1.29 is 0 Å². The molecule has 6 heteroatoms. The predicted octanol–water partition coefficient (Wildman–Crippen LogP) is 4.68. The minimum Gasteiger partial charge on any atom is -0.328 e. The van der Waals surface area contributed by atoms with Crippen molar-refractivity contribution in [3.63, 3.8) is 0 Å². The number of fused-ring (bicyclic) bond motifs is 2. The molecule has 1 aliphatic carbocycles. The van der Waals surface area contributed by atoms with Crippen LogP contribution in [0.4, 0.5) is 0 Å². The van der Waals surface area contributed by atoms with Crippen molar-refractivity contribution in [1.82, 2.24) is 14.1 Å². The van der Waals surface area contributed by atoms with E-state index in [4.69, 9.17) is 16.6 Å². The van der Waals surface area contributed by atoms with Gasteiger partial charge in [0.15, 0.2) is 5.65 Å². The number of para-hydroxylation sites is 1. The van der Waals surface area contributed by atoms with Gasteiger partial charge in [0.25, 0.3) is 5.56 Å². The average molecular weight is 406 g/mol. The summed E-state index contributed by atoms with van der Waals surface area (Å²) in [7, 11) is 1.85. The van der Waals surface area contributed by atoms with Gasteiger partial charge in [0.05, 0.1) is 5.52 Å². The number of hydrogen-bond acceptors (Lipinski definition) is 3. The molecule has 0 unspecified atom stereocenters. The second-order valence-electron chi connectivity index (χ2n) is 7.66. The normalized spacial score (nSPS) is 14.8. The highest BCUT2D eigenvalue weighted by atomic mass is 35.5. The quantitative estimate of drug-likeness (QED) is 0.455. The van der Waals surface area contributed by atoms with Crippen LogP contribution in [0.3, 0.4) is 0 Å². The molecule has 0 spiro atoms. The van der Waals surface area contributed by atoms with Crippen LogP contribution >= 0.6 is 11.6 Å². The van der Waals surface area contributed by atoms with Gasteiger partial charge in [-0.2, -0.15) is 0 Å². The van der Waals surface area contributed by atoms with Crippen LogP contribution in [-0.2, 0) is 7.05 Å². The fourth-order valence-corrected chi connectivity index (χ4v) is 4.60. The van der Waals surface area contributed by atoms with Crippen molar-refractivity contribution in [2.75, 3.05) is 0 Å². The average Bonchev–Trinajstić information content (AvgIpc) is 3.26. The number of aryl methyl sites for hydroxylation is 1. The zero-order valence-corrected chi connectivity index (χ0v) is 16.8. The van der Waals surface area contributed by atoms with Gasteiger partial charge in [0.2, 0.25) is 5.43 Å². The third-order valence-corrected chi connectivity index (χ3v) is 6.20. The highest BCUT2D eigenvalue weighted by molar-refractivity contribution is 6.30. The van der Waals surface area contributed by atoms with Crippen molar-refractivity contribution in [3.8, 4) is 11.4 Å². The third kappa shape index (κ3) is 2.80. The fourth-order valence-electron chi connectivity index (χ4n) is 4.47. The van der Waals surface area contributed by atoms with Gasteiger partial charge < -0.3 is 4.57 Å². The summed E-state index contributed by atoms with van der Waals surface area (Å²) in [4.78, 5) is 31.8. The van der Waals surface area contributed by atoms with Crippen molar-refractivity contribution in [2.45, 2.75) is 31.7 Å². The van der Waals surface area contributed by atoms with Crippen molar-refractivity contribution in [3.05, 3.63) is 74.1 Å². The van der Waals surface area contributed by atoms with Gasteiger partial charge in [-0.15, -0.1) is 0 Å². The van der Waals surface area contributed by atoms with Crippen molar-refractivity contribution >= 4 is 33.5 Å². The summed E-state index contributed by atoms with van der Waals surface area (Å²) in [5.74, 6) is 0.594. The Kier molecular flexibility index (Phi) is 4.28. The minimum absolute atomic E-state index is 0.0567. The SMILES string of the molecule is Cn1c2ccccc2c(=O)c2c(=O)n(C3CCCC3)c(-c3ccc(Cl)cc3)nc21. The topological polar surface area (TPSA) is 56.9 Å². The van der Waals surface area contributed by atoms with E-state index in [1.54, 1.807) is 22.8 Å². The van der Waals surface area contributed by atoms with Crippen LogP contribution < -0.4 is 11.0 Å². The van der Waals surface area contributed by atoms with Gasteiger partial charge in [-0.25, -0.2) is 4.98 Å². The summed E-state index contributed by atoms with van der Waals surface area (Å²) in [6, 6.07) is 14.7. The number of nitrogens with zero attached hydrogens (tertiary/aromatic N) is 3. The van der Waals surface area contributed by atoms with Crippen molar-refractivity contribution in [1.29, 1.82) is 0 Å². The number of rotatable bonds is 2. The van der Waals surface area contributed by atoms with Crippen LogP contribution in [0.5, 0.6) is 0 Å². The summed E-state index contributed by atoms with van der Waals surface area (Å²) in [5, 5.41) is 1.33. The highest BCUT2D eigenvalue weighted by Gasteiger charge is 2.25. The van der Waals surface area contributed by atoms with E-state index in [9.17, 15) is 9.59 Å². The lowest BCUT2D eigenvalue weighted by atomic mass is 10.1. The molecule has 0 N–H and O–H groups in total. The lowest BCUT2D eigenvalue weighted by Gasteiger charge is -2.20. The minimum atomic E-state index is -0.252. The molecular weight excluding hydrogens is 386 g/mol. The van der Waals surface area contributed by atoms with Crippen LogP contribution in [0.15, 0.2) is 58.1 Å². The van der Waals surface area contributed by atoms with E-state index in [0.29, 0.717) is 21.9 Å². The van der Waals surface area contributed by atoms with Crippen LogP contribution in [0.1, 0.15) is 31.7 Å². The van der Waals surface area contributed by atoms with Crippen molar-refractivity contribution in [2.24, 2.45) is 7.05 Å². The Morgan fingerprint density at radius 2 is 1.69 bits per heavy atom. The molecule has 1 fully saturated rings. The first kappa shape index (κ1) is 18.1. The van der Waals surface area contributed by atoms with Gasteiger partial charge in [0, 0.05) is 29.1 Å². The summed E-state index contributed by atoms with van der Waals surface area (Å²) >= 11 is 6.07. The number of hydrogen-bond donors (Lipinski definition) is 0. The first-order valence-electron chi connectivity index (χ1n) is 9.86. The molecule has 0 saturated heterocycles. The molecule has 1 aliphatic rings. The molecule has 0 amide bonds. The van der Waals surface area contributed by atoms with Crippen LogP contribution in [0.2, 0.25) is 5.02 Å². The molecule has 1 saturated carbocycles. The second kappa shape index (κ2) is 6.85. The highest BCUT2D eigenvalue weighted by Crippen LogP contribution is 2.32. The molecule has 146 valence electrons. The number of benzene rings is 2. The molecule has 2 aromatic carbocycles. The molecule has 29 heavy (non-hydrogen) atoms. The zero-order chi connectivity index (χ0) is 20.1. The lowest BCUT2D eigenvalue weighted by Crippen LogP contribution is -2.31. The number of aromatic nitrogens is 3. The van der Waals surface area contributed by atoms with Gasteiger partial charge in [0.1, 0.15) is 11.2 Å². The van der Waals surface area contributed by atoms with E-state index >= 15 is 0 Å². The summed E-state index contributed by atoms with van der Waals surface area (Å²) in [6.45, 7) is 0. The standard InChI is InChI=1S/C23H20ClN3O2/c1-26-18-9-5-4-8-17(18)20(28)19-22(26)25-21(14-10-12-15(24)13-11-14)27(23(19)29)16-6-2-3-7-16/h4-5,8-13,16H,2-3,6-7H2,1H3. The molecule has 0 aliphatic heterocycles. The van der Waals surface area contributed by atoms with Gasteiger partial charge >= 0.3 is 0 Å². The van der Waals surface area contributed by atoms with E-state index in [2.05, 4.69) is 0 Å². The Morgan fingerprint density at radius 1 is 1.00 bits per heavy atom. The van der Waals surface area contributed by atoms with Crippen LogP contribution in [0.25, 0.3) is 33.3 Å². The summed E-state index contributed by atoms with van der Waals surface area (Å²) < 4.78 is 3.58. The maximum absolute atomic E-state index is 13.7. The van der Waals surface area contributed by atoms with E-state index in [0.717, 1.165) is 36.8 Å². The molecular formula is C23H20ClN3O2. The summed E-state index contributed by atoms with van der Waals surface area (Å²) in [6.07, 6.45) is 3.99. The molecule has 2 heterocycles. The lowest BCUT2D eigenvalue weighted by molar-refractivity contribution is 0.504. The maximum Gasteiger partial charge on any atom is 0.267 e. The van der Waals surface area contributed by atoms with E-state index in [1.165, 1.54) is 0 Å². The monoisotopic (exact) mass is 405 g/mol. The Balaban J connectivity index is 1.95. The molecule has 0 atom stereocenters. The first-order valence-corrected chi connectivity index (χ1v) is 10.2. The number of pyridine rings is 1. The fraction of sp³-hybridized carbons (Fsp3) is 0.261. The van der Waals surface area contributed by atoms with Crippen LogP contribution in [-0.4, -0.2) is 14.1 Å². The molecule has 2 aromatic heterocycles. The Morgan fingerprint density at radius 3 is 2.41 bits per heavy atom. The zero-order valence-electron chi connectivity index (χ0n) is 16.1. The van der Waals surface area contributed by atoms with Gasteiger partial charge in [-0.1, -0.05) is 36.6 Å². The van der Waals surface area contributed by atoms with E-state index < -0.39 is 0 Å². The van der Waals surface area contributed by atoms with Crippen LogP contribution in [0, 0.1) is 0 Å². The molecule has 5 nitrogen and oxygen atoms in total. The first-order chi connectivity index (χ1) is 14.1. The largest absolute Gasteiger partial charge is 0.328 e. The molecule has 4 aromatic rings. The Labute approximate surface area is 172 Å².